The van der Waals surface area contributed by atoms with Crippen molar-refractivity contribution in [2.75, 3.05) is 5.32 Å². The summed E-state index contributed by atoms with van der Waals surface area (Å²) in [7, 11) is 0. The molecule has 0 bridgehead atoms. The SMILES string of the molecule is Brc1ccc(N=C2N=C(c3ccccc3)N=C2Nc2ccc(Br)cc2)cc1. The Morgan fingerprint density at radius 1 is 0.704 bits per heavy atom. The van der Waals surface area contributed by atoms with Crippen LogP contribution in [0.15, 0.2) is 103 Å². The summed E-state index contributed by atoms with van der Waals surface area (Å²) >= 11 is 6.90. The Labute approximate surface area is 174 Å². The summed E-state index contributed by atoms with van der Waals surface area (Å²) in [6.07, 6.45) is 0. The van der Waals surface area contributed by atoms with Crippen molar-refractivity contribution in [3.05, 3.63) is 93.4 Å². The molecule has 4 rings (SSSR count). The van der Waals surface area contributed by atoms with Crippen molar-refractivity contribution in [3.8, 4) is 0 Å². The normalized spacial score (nSPS) is 14.8. The van der Waals surface area contributed by atoms with Gasteiger partial charge in [0.2, 0.25) is 0 Å². The van der Waals surface area contributed by atoms with Crippen LogP contribution in [0.5, 0.6) is 0 Å². The molecule has 0 saturated carbocycles. The Morgan fingerprint density at radius 3 is 2.00 bits per heavy atom. The Balaban J connectivity index is 1.70. The van der Waals surface area contributed by atoms with Crippen LogP contribution in [0.25, 0.3) is 0 Å². The van der Waals surface area contributed by atoms with Crippen molar-refractivity contribution in [3.63, 3.8) is 0 Å². The largest absolute Gasteiger partial charge is 0.337 e. The lowest BCUT2D eigenvalue weighted by Crippen LogP contribution is -2.18. The van der Waals surface area contributed by atoms with Crippen LogP contribution in [0.1, 0.15) is 5.56 Å². The van der Waals surface area contributed by atoms with E-state index >= 15 is 0 Å². The highest BCUT2D eigenvalue weighted by Crippen LogP contribution is 2.20. The molecule has 3 aromatic rings. The summed E-state index contributed by atoms with van der Waals surface area (Å²) in [6, 6.07) is 25.6. The number of rotatable bonds is 3. The molecule has 0 aliphatic carbocycles. The van der Waals surface area contributed by atoms with Gasteiger partial charge in [0, 0.05) is 20.2 Å². The van der Waals surface area contributed by atoms with Gasteiger partial charge in [-0.3, -0.25) is 0 Å². The second-order valence-corrected chi connectivity index (χ2v) is 7.64. The van der Waals surface area contributed by atoms with Crippen molar-refractivity contribution in [2.45, 2.75) is 0 Å². The van der Waals surface area contributed by atoms with Gasteiger partial charge in [-0.2, -0.15) is 0 Å². The van der Waals surface area contributed by atoms with Crippen LogP contribution in [0.4, 0.5) is 11.4 Å². The van der Waals surface area contributed by atoms with Gasteiger partial charge in [-0.15, -0.1) is 0 Å². The monoisotopic (exact) mass is 480 g/mol. The van der Waals surface area contributed by atoms with Crippen LogP contribution >= 0.6 is 31.9 Å². The number of nitrogens with one attached hydrogen (secondary N) is 1. The smallest absolute Gasteiger partial charge is 0.198 e. The van der Waals surface area contributed by atoms with Crippen LogP contribution in [0.3, 0.4) is 0 Å². The number of aliphatic imine (C=N–C) groups is 3. The molecule has 0 amide bonds. The summed E-state index contributed by atoms with van der Waals surface area (Å²) in [5.41, 5.74) is 2.69. The average Bonchev–Trinajstić information content (AvgIpc) is 3.08. The van der Waals surface area contributed by atoms with Crippen molar-refractivity contribution < 1.29 is 0 Å². The first kappa shape index (κ1) is 17.8. The Bertz CT molecular complexity index is 1040. The van der Waals surface area contributed by atoms with Gasteiger partial charge in [-0.25, -0.2) is 15.0 Å². The van der Waals surface area contributed by atoms with Gasteiger partial charge in [-0.1, -0.05) is 62.2 Å². The second kappa shape index (κ2) is 7.98. The standard InChI is InChI=1S/C21H14Br2N4/c22-15-6-10-17(11-7-15)24-20-21(25-18-12-8-16(23)9-13-18)27-19(26-20)14-4-2-1-3-5-14/h1-13H,(H,24,25,26,27). The first-order valence-electron chi connectivity index (χ1n) is 8.27. The first-order valence-corrected chi connectivity index (χ1v) is 9.86. The van der Waals surface area contributed by atoms with E-state index in [0.29, 0.717) is 17.5 Å². The number of hydrogen-bond donors (Lipinski definition) is 1. The summed E-state index contributed by atoms with van der Waals surface area (Å²) in [4.78, 5) is 14.0. The number of anilines is 1. The third-order valence-electron chi connectivity index (χ3n) is 3.84. The number of halogens is 2. The maximum Gasteiger partial charge on any atom is 0.198 e. The van der Waals surface area contributed by atoms with E-state index in [2.05, 4.69) is 52.2 Å². The molecule has 0 atom stereocenters. The van der Waals surface area contributed by atoms with Crippen molar-refractivity contribution in [1.29, 1.82) is 0 Å². The lowest BCUT2D eigenvalue weighted by Gasteiger charge is -2.06. The fourth-order valence-corrected chi connectivity index (χ4v) is 3.05. The molecule has 6 heteroatoms. The number of amidine groups is 3. The number of benzene rings is 3. The fourth-order valence-electron chi connectivity index (χ4n) is 2.52. The fraction of sp³-hybridized carbons (Fsp3) is 0. The zero-order valence-electron chi connectivity index (χ0n) is 14.1. The van der Waals surface area contributed by atoms with Gasteiger partial charge in [0.25, 0.3) is 0 Å². The molecule has 0 unspecified atom stereocenters. The van der Waals surface area contributed by atoms with Gasteiger partial charge in [0.05, 0.1) is 5.69 Å². The van der Waals surface area contributed by atoms with Crippen LogP contribution in [-0.4, -0.2) is 17.5 Å². The molecule has 0 aromatic heterocycles. The molecule has 1 aliphatic heterocycles. The van der Waals surface area contributed by atoms with E-state index in [4.69, 9.17) is 0 Å². The van der Waals surface area contributed by atoms with Gasteiger partial charge in [0.1, 0.15) is 0 Å². The van der Waals surface area contributed by atoms with Gasteiger partial charge in [0.15, 0.2) is 17.5 Å². The molecule has 0 saturated heterocycles. The van der Waals surface area contributed by atoms with E-state index in [0.717, 1.165) is 25.9 Å². The van der Waals surface area contributed by atoms with Crippen molar-refractivity contribution in [1.82, 2.24) is 0 Å². The van der Waals surface area contributed by atoms with Gasteiger partial charge in [-0.05, 0) is 48.5 Å². The molecule has 0 spiro atoms. The highest BCUT2D eigenvalue weighted by atomic mass is 79.9. The molecule has 4 nitrogen and oxygen atoms in total. The maximum absolute atomic E-state index is 4.68. The second-order valence-electron chi connectivity index (χ2n) is 5.81. The highest BCUT2D eigenvalue weighted by Gasteiger charge is 2.19. The summed E-state index contributed by atoms with van der Waals surface area (Å²) in [5, 5.41) is 3.32. The number of hydrogen-bond acceptors (Lipinski definition) is 3. The highest BCUT2D eigenvalue weighted by molar-refractivity contribution is 9.10. The maximum atomic E-state index is 4.68. The molecule has 27 heavy (non-hydrogen) atoms. The topological polar surface area (TPSA) is 49.1 Å². The summed E-state index contributed by atoms with van der Waals surface area (Å²) in [5.74, 6) is 1.82. The van der Waals surface area contributed by atoms with E-state index < -0.39 is 0 Å². The number of nitrogens with zero attached hydrogens (tertiary/aromatic N) is 3. The molecular weight excluding hydrogens is 468 g/mol. The van der Waals surface area contributed by atoms with E-state index in [1.54, 1.807) is 0 Å². The van der Waals surface area contributed by atoms with Crippen molar-refractivity contribution in [2.24, 2.45) is 15.0 Å². The zero-order valence-corrected chi connectivity index (χ0v) is 17.3. The van der Waals surface area contributed by atoms with Crippen molar-refractivity contribution >= 4 is 60.7 Å². The average molecular weight is 482 g/mol. The van der Waals surface area contributed by atoms with E-state index in [1.807, 2.05) is 78.9 Å². The van der Waals surface area contributed by atoms with Crippen LogP contribution < -0.4 is 5.32 Å². The Hall–Kier alpha value is -2.57. The first-order chi connectivity index (χ1) is 13.2. The third kappa shape index (κ3) is 4.40. The quantitative estimate of drug-likeness (QED) is 0.474. The van der Waals surface area contributed by atoms with Gasteiger partial charge < -0.3 is 5.32 Å². The van der Waals surface area contributed by atoms with Crippen LogP contribution in [0.2, 0.25) is 0 Å². The van der Waals surface area contributed by atoms with E-state index in [1.165, 1.54) is 0 Å². The van der Waals surface area contributed by atoms with Crippen LogP contribution in [0, 0.1) is 0 Å². The third-order valence-corrected chi connectivity index (χ3v) is 4.90. The van der Waals surface area contributed by atoms with E-state index in [9.17, 15) is 0 Å². The molecule has 1 aliphatic rings. The summed E-state index contributed by atoms with van der Waals surface area (Å²) in [6.45, 7) is 0. The lowest BCUT2D eigenvalue weighted by atomic mass is 10.2. The predicted octanol–water partition coefficient (Wildman–Crippen LogP) is 6.21. The molecule has 0 radical (unpaired) electrons. The predicted molar refractivity (Wildman–Crippen MR) is 119 cm³/mol. The Kier molecular flexibility index (Phi) is 5.27. The summed E-state index contributed by atoms with van der Waals surface area (Å²) < 4.78 is 2.03. The molecule has 1 heterocycles. The lowest BCUT2D eigenvalue weighted by molar-refractivity contribution is 1.48. The minimum Gasteiger partial charge on any atom is -0.337 e. The molecule has 1 N–H and O–H groups in total. The molecule has 0 fully saturated rings. The van der Waals surface area contributed by atoms with E-state index in [-0.39, 0.29) is 0 Å². The minimum absolute atomic E-state index is 0.555. The molecular formula is C21H14Br2N4. The van der Waals surface area contributed by atoms with Gasteiger partial charge >= 0.3 is 0 Å². The molecule has 132 valence electrons. The Morgan fingerprint density at radius 2 is 1.33 bits per heavy atom. The minimum atomic E-state index is 0.555. The zero-order chi connectivity index (χ0) is 18.6. The van der Waals surface area contributed by atoms with Crippen LogP contribution in [-0.2, 0) is 0 Å². The molecule has 3 aromatic carbocycles.